The first kappa shape index (κ1) is 39.1. The Bertz CT molecular complexity index is 1980. The monoisotopic (exact) mass is 773 g/mol. The molecule has 2 fully saturated rings. The average Bonchev–Trinajstić information content (AvgIpc) is 3.76. The van der Waals surface area contributed by atoms with Crippen LogP contribution in [0.15, 0.2) is 60.1 Å². The van der Waals surface area contributed by atoms with Gasteiger partial charge in [-0.1, -0.05) is 74.8 Å². The number of aromatic nitrogens is 3. The van der Waals surface area contributed by atoms with Crippen molar-refractivity contribution in [3.05, 3.63) is 76.4 Å². The maximum atomic E-state index is 14.2. The average molecular weight is 774 g/mol. The zero-order chi connectivity index (χ0) is 38.7. The van der Waals surface area contributed by atoms with Crippen LogP contribution >= 0.6 is 22.9 Å². The van der Waals surface area contributed by atoms with E-state index in [4.69, 9.17) is 17.3 Å². The zero-order valence-electron chi connectivity index (χ0n) is 31.3. The van der Waals surface area contributed by atoms with Gasteiger partial charge in [-0.25, -0.2) is 4.98 Å². The number of nitrogens with one attached hydrogen (secondary N) is 2. The lowest BCUT2D eigenvalue weighted by atomic mass is 9.85. The van der Waals surface area contributed by atoms with Gasteiger partial charge < -0.3 is 31.3 Å². The molecule has 0 bridgehead atoms. The van der Waals surface area contributed by atoms with Crippen molar-refractivity contribution in [2.75, 3.05) is 49.9 Å². The van der Waals surface area contributed by atoms with Crippen LogP contribution in [-0.2, 0) is 14.4 Å². The molecule has 6 rings (SSSR count). The third kappa shape index (κ3) is 8.84. The lowest BCUT2D eigenvalue weighted by Gasteiger charge is -2.38. The van der Waals surface area contributed by atoms with Gasteiger partial charge in [-0.05, 0) is 42.5 Å². The van der Waals surface area contributed by atoms with Crippen LogP contribution in [0.1, 0.15) is 51.4 Å². The number of hydrogen-bond acceptors (Lipinski definition) is 11. The molecule has 5 N–H and O–H groups in total. The molecule has 2 aromatic heterocycles. The number of rotatable bonds is 10. The van der Waals surface area contributed by atoms with Crippen molar-refractivity contribution in [2.45, 2.75) is 65.3 Å². The normalized spacial score (nSPS) is 19.0. The molecule has 2 aliphatic rings. The number of nitrogens with two attached hydrogens (primary N) is 1. The fraction of sp³-hybridized carbons (Fsp3) is 0.436. The fourth-order valence-corrected chi connectivity index (χ4v) is 8.06. The maximum Gasteiger partial charge on any atom is 0.246 e. The Morgan fingerprint density at radius 1 is 1.04 bits per heavy atom. The van der Waals surface area contributed by atoms with E-state index in [2.05, 4.69) is 30.7 Å². The van der Waals surface area contributed by atoms with Gasteiger partial charge in [0.2, 0.25) is 17.7 Å². The molecule has 3 amide bonds. The van der Waals surface area contributed by atoms with Crippen LogP contribution in [0.3, 0.4) is 0 Å². The van der Waals surface area contributed by atoms with Crippen LogP contribution in [0.2, 0.25) is 5.02 Å². The summed E-state index contributed by atoms with van der Waals surface area (Å²) >= 11 is 7.98. The lowest BCUT2D eigenvalue weighted by Crippen LogP contribution is -2.59. The number of β-amino-alcohol motifs (C(OH)–C–C–N with tert-alkyl or cyclic N) is 1. The third-order valence-electron chi connectivity index (χ3n) is 10.1. The lowest BCUT2D eigenvalue weighted by molar-refractivity contribution is -0.144. The Hall–Kier alpha value is -4.63. The summed E-state index contributed by atoms with van der Waals surface area (Å²) in [6.45, 7) is 11.9. The van der Waals surface area contributed by atoms with Crippen molar-refractivity contribution < 1.29 is 19.5 Å². The zero-order valence-corrected chi connectivity index (χ0v) is 32.8. The summed E-state index contributed by atoms with van der Waals surface area (Å²) in [7, 11) is 0. The van der Waals surface area contributed by atoms with Crippen molar-refractivity contribution in [3.8, 4) is 21.7 Å². The first-order valence-electron chi connectivity index (χ1n) is 18.1. The van der Waals surface area contributed by atoms with Gasteiger partial charge in [-0.15, -0.1) is 21.5 Å². The number of carbonyl (C=O) groups excluding carboxylic acids is 3. The van der Waals surface area contributed by atoms with E-state index in [1.165, 1.54) is 4.90 Å². The number of amides is 3. The molecule has 15 heteroatoms. The number of carbonyl (C=O) groups is 3. The van der Waals surface area contributed by atoms with Gasteiger partial charge in [0.05, 0.1) is 51.2 Å². The predicted octanol–water partition coefficient (Wildman–Crippen LogP) is 4.30. The number of anilines is 2. The highest BCUT2D eigenvalue weighted by Crippen LogP contribution is 2.32. The Morgan fingerprint density at radius 2 is 1.74 bits per heavy atom. The number of thiazole rings is 1. The molecule has 0 unspecified atom stereocenters. The standard InChI is InChI=1S/C39H48ClN9O4S/c1-23(25-10-12-26(13-11-25)34-24(2)42-22-54-34)43-37(52)32-18-27(50)20-49(32)38(53)35(39(3,4)5)44-33(51)21-47-14-16-48(17-15-47)31-19-30(45-46-36(31)41)28-8-6-7-9-29(28)40/h6-13,19,22-23,27,32,35,50H,14-18,20-21H2,1-5H3,(H2,41,46)(H,43,52)(H,44,51)/t23-,27+,32-,35+/m0/s1. The second-order valence-corrected chi connectivity index (χ2v) is 16.4. The first-order chi connectivity index (χ1) is 25.7. The van der Waals surface area contributed by atoms with Crippen molar-refractivity contribution in [2.24, 2.45) is 5.41 Å². The summed E-state index contributed by atoms with van der Waals surface area (Å²) in [6, 6.07) is 15.1. The SMILES string of the molecule is Cc1ncsc1-c1ccc([C@H](C)NC(=O)[C@@H]2C[C@@H](O)CN2C(=O)[C@@H](NC(=O)CN2CCN(c3cc(-c4ccccc4Cl)nnc3N)CC2)C(C)(C)C)cc1. The van der Waals surface area contributed by atoms with Crippen LogP contribution in [0.5, 0.6) is 0 Å². The van der Waals surface area contributed by atoms with E-state index in [1.807, 2.05) is 93.6 Å². The quantitative estimate of drug-likeness (QED) is 0.182. The van der Waals surface area contributed by atoms with E-state index < -0.39 is 29.5 Å². The highest BCUT2D eigenvalue weighted by molar-refractivity contribution is 7.13. The summed E-state index contributed by atoms with van der Waals surface area (Å²) < 4.78 is 0. The van der Waals surface area contributed by atoms with Crippen LogP contribution in [0.25, 0.3) is 21.7 Å². The van der Waals surface area contributed by atoms with E-state index in [0.717, 1.165) is 32.9 Å². The number of aryl methyl sites for hydroxylation is 1. The smallest absolute Gasteiger partial charge is 0.246 e. The molecule has 0 aliphatic carbocycles. The van der Waals surface area contributed by atoms with E-state index in [9.17, 15) is 19.5 Å². The van der Waals surface area contributed by atoms with Crippen molar-refractivity contribution in [1.82, 2.24) is 35.6 Å². The number of hydrogen-bond donors (Lipinski definition) is 4. The molecule has 13 nitrogen and oxygen atoms in total. The van der Waals surface area contributed by atoms with Crippen LogP contribution in [-0.4, -0.2) is 105 Å². The Labute approximate surface area is 324 Å². The number of aliphatic hydroxyl groups is 1. The Kier molecular flexibility index (Phi) is 11.9. The van der Waals surface area contributed by atoms with Gasteiger partial charge in [-0.2, -0.15) is 0 Å². The number of benzene rings is 2. The van der Waals surface area contributed by atoms with Crippen molar-refractivity contribution in [1.29, 1.82) is 0 Å². The van der Waals surface area contributed by atoms with Gasteiger partial charge >= 0.3 is 0 Å². The van der Waals surface area contributed by atoms with Gasteiger partial charge in [0.25, 0.3) is 0 Å². The largest absolute Gasteiger partial charge is 0.391 e. The summed E-state index contributed by atoms with van der Waals surface area (Å²) in [5.74, 6) is -0.734. The summed E-state index contributed by atoms with van der Waals surface area (Å²) in [4.78, 5) is 52.3. The molecule has 286 valence electrons. The maximum absolute atomic E-state index is 14.2. The Morgan fingerprint density at radius 3 is 2.39 bits per heavy atom. The molecule has 54 heavy (non-hydrogen) atoms. The van der Waals surface area contributed by atoms with Crippen molar-refractivity contribution >= 4 is 52.2 Å². The van der Waals surface area contributed by atoms with Crippen molar-refractivity contribution in [3.63, 3.8) is 0 Å². The van der Waals surface area contributed by atoms with Gasteiger partial charge in [0.1, 0.15) is 12.1 Å². The Balaban J connectivity index is 1.06. The van der Waals surface area contributed by atoms with Crippen LogP contribution in [0.4, 0.5) is 11.5 Å². The number of likely N-dealkylation sites (tertiary alicyclic amines) is 1. The highest BCUT2D eigenvalue weighted by Gasteiger charge is 2.45. The minimum Gasteiger partial charge on any atom is -0.391 e. The second kappa shape index (κ2) is 16.4. The highest BCUT2D eigenvalue weighted by atomic mass is 35.5. The number of aliphatic hydroxyl groups excluding tert-OH is 1. The number of nitrogens with zero attached hydrogens (tertiary/aromatic N) is 6. The van der Waals surface area contributed by atoms with E-state index >= 15 is 0 Å². The fourth-order valence-electron chi connectivity index (χ4n) is 7.02. The predicted molar refractivity (Wildman–Crippen MR) is 212 cm³/mol. The van der Waals surface area contributed by atoms with Crippen LogP contribution < -0.4 is 21.3 Å². The molecular formula is C39H48ClN9O4S. The molecule has 4 atom stereocenters. The molecule has 4 heterocycles. The van der Waals surface area contributed by atoms with E-state index in [-0.39, 0.29) is 37.4 Å². The molecule has 4 aromatic rings. The second-order valence-electron chi connectivity index (χ2n) is 15.1. The number of piperazine rings is 1. The van der Waals surface area contributed by atoms with E-state index in [1.54, 1.807) is 17.4 Å². The molecular weight excluding hydrogens is 726 g/mol. The minimum absolute atomic E-state index is 0.00376. The summed E-state index contributed by atoms with van der Waals surface area (Å²) in [5.41, 5.74) is 12.5. The minimum atomic E-state index is -0.919. The first-order valence-corrected chi connectivity index (χ1v) is 19.4. The number of halogens is 1. The summed E-state index contributed by atoms with van der Waals surface area (Å²) in [6.07, 6.45) is -0.750. The van der Waals surface area contributed by atoms with E-state index in [0.29, 0.717) is 42.7 Å². The molecule has 0 spiro atoms. The molecule has 0 radical (unpaired) electrons. The van der Waals surface area contributed by atoms with Gasteiger partial charge in [0, 0.05) is 44.7 Å². The summed E-state index contributed by atoms with van der Waals surface area (Å²) in [5, 5.41) is 25.7. The van der Waals surface area contributed by atoms with Gasteiger partial charge in [-0.3, -0.25) is 19.3 Å². The van der Waals surface area contributed by atoms with Gasteiger partial charge in [0.15, 0.2) is 5.82 Å². The molecule has 2 aliphatic heterocycles. The topological polar surface area (TPSA) is 170 Å². The third-order valence-corrected chi connectivity index (χ3v) is 11.4. The number of nitrogen functional groups attached to an aromatic ring is 1. The molecule has 0 saturated carbocycles. The molecule has 2 aromatic carbocycles. The molecule has 2 saturated heterocycles. The van der Waals surface area contributed by atoms with Crippen LogP contribution in [0, 0.1) is 12.3 Å².